The Kier molecular flexibility index (Phi) is 10.3. The minimum Gasteiger partial charge on any atom is -0.374 e. The van der Waals surface area contributed by atoms with Crippen LogP contribution in [0.4, 0.5) is 0 Å². The minimum atomic E-state index is 0.309. The van der Waals surface area contributed by atoms with E-state index in [1.807, 2.05) is 0 Å². The molecule has 0 aliphatic heterocycles. The van der Waals surface area contributed by atoms with Gasteiger partial charge in [0, 0.05) is 0 Å². The zero-order valence-corrected chi connectivity index (χ0v) is 19.7. The molecule has 0 aromatic heterocycles. The fourth-order valence-corrected chi connectivity index (χ4v) is 3.99. The van der Waals surface area contributed by atoms with E-state index in [0.717, 1.165) is 24.7 Å². The lowest BCUT2D eigenvalue weighted by atomic mass is 9.80. The highest BCUT2D eigenvalue weighted by Crippen LogP contribution is 2.35. The molecule has 0 bridgehead atoms. The van der Waals surface area contributed by atoms with Crippen LogP contribution in [0.1, 0.15) is 109 Å². The fraction of sp³-hybridized carbons (Fsp3) is 1.00. The SMILES string of the molecule is CC(C)CC(C)C(CC(C)(C)C)OC(CC(C)(C)C)C(C)CC(C)C. The molecule has 4 unspecified atom stereocenters. The molecule has 0 aliphatic carbocycles. The third-order valence-electron chi connectivity index (χ3n) is 4.93. The lowest BCUT2D eigenvalue weighted by Gasteiger charge is -2.38. The highest BCUT2D eigenvalue weighted by molar-refractivity contribution is 4.81. The van der Waals surface area contributed by atoms with Crippen LogP contribution in [0.25, 0.3) is 0 Å². The van der Waals surface area contributed by atoms with Crippen LogP contribution in [0.2, 0.25) is 0 Å². The normalized spacial score (nSPS) is 18.5. The van der Waals surface area contributed by atoms with Crippen LogP contribution < -0.4 is 0 Å². The zero-order valence-electron chi connectivity index (χ0n) is 19.7. The van der Waals surface area contributed by atoms with Crippen molar-refractivity contribution in [3.63, 3.8) is 0 Å². The molecule has 1 heteroatoms. The Morgan fingerprint density at radius 1 is 0.560 bits per heavy atom. The summed E-state index contributed by atoms with van der Waals surface area (Å²) in [6, 6.07) is 0. The van der Waals surface area contributed by atoms with Crippen molar-refractivity contribution in [1.29, 1.82) is 0 Å². The van der Waals surface area contributed by atoms with Crippen molar-refractivity contribution in [2.24, 2.45) is 34.5 Å². The summed E-state index contributed by atoms with van der Waals surface area (Å²) in [6.07, 6.45) is 5.53. The number of hydrogen-bond donors (Lipinski definition) is 0. The monoisotopic (exact) mass is 354 g/mol. The highest BCUT2D eigenvalue weighted by Gasteiger charge is 2.32. The van der Waals surface area contributed by atoms with Gasteiger partial charge in [0.1, 0.15) is 0 Å². The smallest absolute Gasteiger partial charge is 0.0609 e. The summed E-state index contributed by atoms with van der Waals surface area (Å²) in [7, 11) is 0. The molecule has 0 radical (unpaired) electrons. The summed E-state index contributed by atoms with van der Waals surface area (Å²) in [5.41, 5.74) is 0.618. The molecule has 152 valence electrons. The molecule has 0 spiro atoms. The van der Waals surface area contributed by atoms with Crippen LogP contribution in [0, 0.1) is 34.5 Å². The Morgan fingerprint density at radius 2 is 0.840 bits per heavy atom. The average Bonchev–Trinajstić information content (AvgIpc) is 2.31. The Morgan fingerprint density at radius 3 is 1.04 bits per heavy atom. The standard InChI is InChI=1S/C24H50O/c1-17(2)13-19(5)21(15-23(7,8)9)25-22(16-24(10,11)12)20(6)14-18(3)4/h17-22H,13-16H2,1-12H3. The van der Waals surface area contributed by atoms with Crippen molar-refractivity contribution < 1.29 is 4.74 Å². The first kappa shape index (κ1) is 25.0. The van der Waals surface area contributed by atoms with Gasteiger partial charge in [-0.3, -0.25) is 0 Å². The zero-order chi connectivity index (χ0) is 20.0. The average molecular weight is 355 g/mol. The van der Waals surface area contributed by atoms with Gasteiger partial charge < -0.3 is 4.74 Å². The molecule has 4 atom stereocenters. The number of hydrogen-bond acceptors (Lipinski definition) is 1. The van der Waals surface area contributed by atoms with Gasteiger partial charge in [0.2, 0.25) is 0 Å². The Labute approximate surface area is 160 Å². The van der Waals surface area contributed by atoms with Gasteiger partial charge in [-0.15, -0.1) is 0 Å². The van der Waals surface area contributed by atoms with Crippen molar-refractivity contribution in [2.45, 2.75) is 121 Å². The Bertz CT molecular complexity index is 308. The maximum absolute atomic E-state index is 6.93. The molecular formula is C24H50O. The van der Waals surface area contributed by atoms with Crippen molar-refractivity contribution in [1.82, 2.24) is 0 Å². The van der Waals surface area contributed by atoms with Gasteiger partial charge >= 0.3 is 0 Å². The summed E-state index contributed by atoms with van der Waals surface area (Å²) in [5.74, 6) is 2.70. The van der Waals surface area contributed by atoms with E-state index in [0.29, 0.717) is 34.9 Å². The molecule has 0 aliphatic rings. The summed E-state index contributed by atoms with van der Waals surface area (Å²) >= 11 is 0. The maximum atomic E-state index is 6.93. The second-order valence-corrected chi connectivity index (χ2v) is 12.0. The van der Waals surface area contributed by atoms with E-state index in [4.69, 9.17) is 4.74 Å². The molecule has 0 fully saturated rings. The quantitative estimate of drug-likeness (QED) is 0.386. The van der Waals surface area contributed by atoms with E-state index in [9.17, 15) is 0 Å². The molecule has 0 N–H and O–H groups in total. The number of ether oxygens (including phenoxy) is 1. The summed E-state index contributed by atoms with van der Waals surface area (Å²) in [5, 5.41) is 0. The Hall–Kier alpha value is -0.0400. The summed E-state index contributed by atoms with van der Waals surface area (Å²) in [4.78, 5) is 0. The summed E-state index contributed by atoms with van der Waals surface area (Å²) in [6.45, 7) is 28.2. The molecule has 0 amide bonds. The van der Waals surface area contributed by atoms with Gasteiger partial charge in [0.15, 0.2) is 0 Å². The molecule has 1 nitrogen and oxygen atoms in total. The fourth-order valence-electron chi connectivity index (χ4n) is 3.99. The van der Waals surface area contributed by atoms with Crippen molar-refractivity contribution in [2.75, 3.05) is 0 Å². The molecule has 0 aromatic carbocycles. The van der Waals surface area contributed by atoms with Gasteiger partial charge in [-0.25, -0.2) is 0 Å². The van der Waals surface area contributed by atoms with Gasteiger partial charge in [-0.2, -0.15) is 0 Å². The van der Waals surface area contributed by atoms with E-state index in [-0.39, 0.29) is 0 Å². The van der Waals surface area contributed by atoms with Crippen LogP contribution in [-0.4, -0.2) is 12.2 Å². The second kappa shape index (κ2) is 10.3. The molecule has 25 heavy (non-hydrogen) atoms. The van der Waals surface area contributed by atoms with E-state index >= 15 is 0 Å². The van der Waals surface area contributed by atoms with Crippen molar-refractivity contribution in [3.8, 4) is 0 Å². The molecular weight excluding hydrogens is 304 g/mol. The third kappa shape index (κ3) is 12.9. The van der Waals surface area contributed by atoms with Gasteiger partial charge in [-0.05, 0) is 60.2 Å². The minimum absolute atomic E-state index is 0.309. The molecule has 0 aromatic rings. The van der Waals surface area contributed by atoms with E-state index in [1.165, 1.54) is 12.8 Å². The van der Waals surface area contributed by atoms with Crippen molar-refractivity contribution >= 4 is 0 Å². The predicted octanol–water partition coefficient (Wildman–Crippen LogP) is 7.98. The first-order chi connectivity index (χ1) is 11.1. The van der Waals surface area contributed by atoms with Crippen molar-refractivity contribution in [3.05, 3.63) is 0 Å². The topological polar surface area (TPSA) is 9.23 Å². The summed E-state index contributed by atoms with van der Waals surface area (Å²) < 4.78 is 6.93. The van der Waals surface area contributed by atoms with Gasteiger partial charge in [-0.1, -0.05) is 83.1 Å². The van der Waals surface area contributed by atoms with Crippen LogP contribution in [0.5, 0.6) is 0 Å². The molecule has 0 saturated heterocycles. The Balaban J connectivity index is 5.32. The number of rotatable bonds is 10. The first-order valence-electron chi connectivity index (χ1n) is 10.8. The van der Waals surface area contributed by atoms with Crippen LogP contribution in [0.15, 0.2) is 0 Å². The van der Waals surface area contributed by atoms with E-state index in [1.54, 1.807) is 0 Å². The van der Waals surface area contributed by atoms with Gasteiger partial charge in [0.05, 0.1) is 12.2 Å². The van der Waals surface area contributed by atoms with E-state index in [2.05, 4.69) is 83.1 Å². The largest absolute Gasteiger partial charge is 0.374 e. The van der Waals surface area contributed by atoms with Crippen LogP contribution >= 0.6 is 0 Å². The van der Waals surface area contributed by atoms with Crippen LogP contribution in [0.3, 0.4) is 0 Å². The predicted molar refractivity (Wildman–Crippen MR) is 114 cm³/mol. The van der Waals surface area contributed by atoms with Crippen LogP contribution in [-0.2, 0) is 4.74 Å². The second-order valence-electron chi connectivity index (χ2n) is 12.0. The molecule has 0 heterocycles. The highest BCUT2D eigenvalue weighted by atomic mass is 16.5. The first-order valence-corrected chi connectivity index (χ1v) is 10.8. The lowest BCUT2D eigenvalue weighted by molar-refractivity contribution is -0.0965. The van der Waals surface area contributed by atoms with Gasteiger partial charge in [0.25, 0.3) is 0 Å². The maximum Gasteiger partial charge on any atom is 0.0609 e. The lowest BCUT2D eigenvalue weighted by Crippen LogP contribution is -2.37. The third-order valence-corrected chi connectivity index (χ3v) is 4.93. The molecule has 0 rings (SSSR count). The van der Waals surface area contributed by atoms with E-state index < -0.39 is 0 Å². The molecule has 0 saturated carbocycles.